The van der Waals surface area contributed by atoms with Gasteiger partial charge in [-0.3, -0.25) is 19.8 Å². The van der Waals surface area contributed by atoms with Crippen LogP contribution in [-0.2, 0) is 16.6 Å². The first-order valence-corrected chi connectivity index (χ1v) is 11.0. The highest BCUT2D eigenvalue weighted by Crippen LogP contribution is 2.24. The van der Waals surface area contributed by atoms with Crippen molar-refractivity contribution in [3.63, 3.8) is 0 Å². The second-order valence-electron chi connectivity index (χ2n) is 7.33. The van der Waals surface area contributed by atoms with E-state index in [9.17, 15) is 18.0 Å². The summed E-state index contributed by atoms with van der Waals surface area (Å²) in [5.74, 6) is -1.08. The van der Waals surface area contributed by atoms with Gasteiger partial charge in [-0.25, -0.2) is 8.42 Å². The first-order valence-electron chi connectivity index (χ1n) is 9.60. The van der Waals surface area contributed by atoms with Gasteiger partial charge in [-0.05, 0) is 48.9 Å². The zero-order chi connectivity index (χ0) is 21.3. The van der Waals surface area contributed by atoms with Crippen molar-refractivity contribution in [3.8, 4) is 6.07 Å². The number of nitrogens with one attached hydrogen (secondary N) is 1. The van der Waals surface area contributed by atoms with E-state index in [0.29, 0.717) is 38.2 Å². The summed E-state index contributed by atoms with van der Waals surface area (Å²) >= 11 is 0. The van der Waals surface area contributed by atoms with Gasteiger partial charge in [0.1, 0.15) is 0 Å². The molecule has 0 spiro atoms. The van der Waals surface area contributed by atoms with Crippen LogP contribution in [0.2, 0.25) is 0 Å². The fraction of sp³-hybridized carbons (Fsp3) is 0.286. The van der Waals surface area contributed by atoms with Gasteiger partial charge >= 0.3 is 0 Å². The predicted octanol–water partition coefficient (Wildman–Crippen LogP) is 1.34. The molecule has 0 unspecified atom stereocenters. The van der Waals surface area contributed by atoms with Gasteiger partial charge in [0, 0.05) is 26.2 Å². The lowest BCUT2D eigenvalue weighted by molar-refractivity contribution is 0.0879. The Balaban J connectivity index is 1.47. The average Bonchev–Trinajstić information content (AvgIpc) is 2.90. The predicted molar refractivity (Wildman–Crippen MR) is 108 cm³/mol. The van der Waals surface area contributed by atoms with E-state index in [1.807, 2.05) is 12.1 Å². The van der Waals surface area contributed by atoms with Crippen molar-refractivity contribution in [1.29, 1.82) is 5.26 Å². The van der Waals surface area contributed by atoms with Crippen LogP contribution in [0.1, 0.15) is 38.3 Å². The van der Waals surface area contributed by atoms with Gasteiger partial charge in [0.15, 0.2) is 0 Å². The van der Waals surface area contributed by atoms with Crippen LogP contribution in [0.25, 0.3) is 0 Å². The minimum atomic E-state index is -3.77. The maximum absolute atomic E-state index is 13.1. The van der Waals surface area contributed by atoms with Gasteiger partial charge in [0.2, 0.25) is 10.0 Å². The van der Waals surface area contributed by atoms with Crippen LogP contribution in [0.15, 0.2) is 47.4 Å². The average molecular weight is 424 g/mol. The Morgan fingerprint density at radius 1 is 0.933 bits per heavy atom. The Bertz CT molecular complexity index is 1150. The van der Waals surface area contributed by atoms with Crippen LogP contribution in [0.3, 0.4) is 0 Å². The maximum atomic E-state index is 13.1. The van der Waals surface area contributed by atoms with E-state index in [1.165, 1.54) is 22.5 Å². The number of amides is 2. The van der Waals surface area contributed by atoms with Crippen molar-refractivity contribution in [1.82, 2.24) is 14.5 Å². The Kier molecular flexibility index (Phi) is 5.39. The maximum Gasteiger partial charge on any atom is 0.258 e. The van der Waals surface area contributed by atoms with Crippen molar-refractivity contribution >= 4 is 21.8 Å². The lowest BCUT2D eigenvalue weighted by atomic mass is 10.1. The molecule has 0 saturated carbocycles. The molecule has 2 aromatic rings. The summed E-state index contributed by atoms with van der Waals surface area (Å²) in [6.45, 7) is 2.73. The van der Waals surface area contributed by atoms with E-state index in [2.05, 4.69) is 16.3 Å². The molecule has 0 aliphatic carbocycles. The summed E-state index contributed by atoms with van der Waals surface area (Å²) in [4.78, 5) is 25.8. The largest absolute Gasteiger partial charge is 0.298 e. The third-order valence-corrected chi connectivity index (χ3v) is 7.28. The van der Waals surface area contributed by atoms with Crippen molar-refractivity contribution in [2.45, 2.75) is 17.9 Å². The molecule has 30 heavy (non-hydrogen) atoms. The third-order valence-electron chi connectivity index (χ3n) is 5.38. The summed E-state index contributed by atoms with van der Waals surface area (Å²) < 4.78 is 27.7. The van der Waals surface area contributed by atoms with Crippen LogP contribution < -0.4 is 5.32 Å². The monoisotopic (exact) mass is 424 g/mol. The zero-order valence-corrected chi connectivity index (χ0v) is 17.0. The van der Waals surface area contributed by atoms with Crippen LogP contribution in [0.5, 0.6) is 0 Å². The number of hydrogen-bond donors (Lipinski definition) is 1. The number of carbonyl (C=O) groups is 2. The molecule has 154 valence electrons. The van der Waals surface area contributed by atoms with E-state index in [0.717, 1.165) is 12.1 Å². The number of sulfonamides is 1. The molecule has 2 heterocycles. The standard InChI is InChI=1S/C21H20N4O4S/c22-13-15-2-4-16(5-3-15)14-24-8-1-9-25(11-10-24)30(28,29)17-6-7-18-19(12-17)21(27)23-20(18)26/h2-7,12H,1,8-11,14H2,(H,23,26,27). The Hall–Kier alpha value is -3.06. The van der Waals surface area contributed by atoms with Crippen molar-refractivity contribution in [2.75, 3.05) is 26.2 Å². The Morgan fingerprint density at radius 2 is 1.67 bits per heavy atom. The SMILES string of the molecule is N#Cc1ccc(CN2CCCN(S(=O)(=O)c3ccc4c(c3)C(=O)NC4=O)CC2)cc1. The molecule has 2 amide bonds. The van der Waals surface area contributed by atoms with Gasteiger partial charge in [0.25, 0.3) is 11.8 Å². The number of nitriles is 1. The fourth-order valence-electron chi connectivity index (χ4n) is 3.75. The molecule has 1 saturated heterocycles. The molecular formula is C21H20N4O4S. The number of nitrogens with zero attached hydrogens (tertiary/aromatic N) is 3. The van der Waals surface area contributed by atoms with Crippen LogP contribution in [0, 0.1) is 11.3 Å². The number of fused-ring (bicyclic) bond motifs is 1. The van der Waals surface area contributed by atoms with Crippen LogP contribution >= 0.6 is 0 Å². The molecule has 0 aromatic heterocycles. The van der Waals surface area contributed by atoms with Gasteiger partial charge in [-0.2, -0.15) is 9.57 Å². The molecule has 1 N–H and O–H groups in total. The summed E-state index contributed by atoms with van der Waals surface area (Å²) in [7, 11) is -3.77. The highest BCUT2D eigenvalue weighted by molar-refractivity contribution is 7.89. The number of benzene rings is 2. The third kappa shape index (κ3) is 3.85. The lowest BCUT2D eigenvalue weighted by Gasteiger charge is -2.22. The lowest BCUT2D eigenvalue weighted by Crippen LogP contribution is -2.35. The first kappa shape index (κ1) is 20.2. The molecule has 2 aliphatic rings. The Morgan fingerprint density at radius 3 is 2.40 bits per heavy atom. The zero-order valence-electron chi connectivity index (χ0n) is 16.2. The smallest absolute Gasteiger partial charge is 0.258 e. The van der Waals surface area contributed by atoms with E-state index < -0.39 is 21.8 Å². The number of imide groups is 1. The minimum Gasteiger partial charge on any atom is -0.298 e. The second-order valence-corrected chi connectivity index (χ2v) is 9.27. The normalized spacial score (nSPS) is 17.8. The van der Waals surface area contributed by atoms with Crippen LogP contribution in [-0.4, -0.2) is 55.6 Å². The van der Waals surface area contributed by atoms with Crippen molar-refractivity contribution in [2.24, 2.45) is 0 Å². The number of carbonyl (C=O) groups excluding carboxylic acids is 2. The number of rotatable bonds is 4. The number of hydrogen-bond acceptors (Lipinski definition) is 6. The van der Waals surface area contributed by atoms with Crippen molar-refractivity contribution < 1.29 is 18.0 Å². The van der Waals surface area contributed by atoms with Gasteiger partial charge in [0.05, 0.1) is 27.7 Å². The van der Waals surface area contributed by atoms with Gasteiger partial charge in [-0.1, -0.05) is 12.1 Å². The first-order chi connectivity index (χ1) is 14.4. The molecule has 2 aromatic carbocycles. The molecule has 8 nitrogen and oxygen atoms in total. The quantitative estimate of drug-likeness (QED) is 0.742. The van der Waals surface area contributed by atoms with Gasteiger partial charge < -0.3 is 0 Å². The van der Waals surface area contributed by atoms with E-state index in [4.69, 9.17) is 5.26 Å². The highest BCUT2D eigenvalue weighted by Gasteiger charge is 2.32. The topological polar surface area (TPSA) is 111 Å². The minimum absolute atomic E-state index is 0.0200. The Labute approximate surface area is 174 Å². The molecule has 0 bridgehead atoms. The fourth-order valence-corrected chi connectivity index (χ4v) is 5.24. The molecule has 9 heteroatoms. The second kappa shape index (κ2) is 7.99. The summed E-state index contributed by atoms with van der Waals surface area (Å²) in [5, 5.41) is 11.1. The van der Waals surface area contributed by atoms with Gasteiger partial charge in [-0.15, -0.1) is 0 Å². The summed E-state index contributed by atoms with van der Waals surface area (Å²) in [6, 6.07) is 13.5. The molecule has 1 fully saturated rings. The molecule has 2 aliphatic heterocycles. The highest BCUT2D eigenvalue weighted by atomic mass is 32.2. The summed E-state index contributed by atoms with van der Waals surface area (Å²) in [5.41, 5.74) is 1.97. The molecular weight excluding hydrogens is 404 g/mol. The van der Waals surface area contributed by atoms with Crippen molar-refractivity contribution in [3.05, 3.63) is 64.7 Å². The van der Waals surface area contributed by atoms with E-state index in [-0.39, 0.29) is 16.0 Å². The molecule has 0 atom stereocenters. The summed E-state index contributed by atoms with van der Waals surface area (Å²) in [6.07, 6.45) is 0.680. The van der Waals surface area contributed by atoms with E-state index >= 15 is 0 Å². The molecule has 0 radical (unpaired) electrons. The van der Waals surface area contributed by atoms with E-state index in [1.54, 1.807) is 12.1 Å². The van der Waals surface area contributed by atoms with Crippen LogP contribution in [0.4, 0.5) is 0 Å². The molecule has 4 rings (SSSR count).